The molecule has 3 heterocycles. The lowest BCUT2D eigenvalue weighted by Crippen LogP contribution is -2.58. The largest absolute Gasteiger partial charge is 0.366 e. The van der Waals surface area contributed by atoms with E-state index in [1.807, 2.05) is 0 Å². The standard InChI is InChI=1S/C24H25F2N5O2S/c1-24(2,3)34(32,33)16-12-31(13-16)20-8-14(7-19(25)21(20)26)17-9-18(17)15-10-29-23(30-11-15)22-27-5-4-6-28-22/h4-8,10-11,16-18H,9,12-13H2,1-3H3/t17-,18+/m1/s1. The van der Waals surface area contributed by atoms with Crippen LogP contribution in [-0.4, -0.2) is 51.4 Å². The minimum atomic E-state index is -3.37. The van der Waals surface area contributed by atoms with Gasteiger partial charge in [-0.05, 0) is 68.4 Å². The Balaban J connectivity index is 1.32. The molecule has 3 aromatic rings. The first-order valence-corrected chi connectivity index (χ1v) is 12.7. The van der Waals surface area contributed by atoms with E-state index in [1.54, 1.807) is 62.6 Å². The molecule has 1 aliphatic carbocycles. The molecule has 2 atom stereocenters. The lowest BCUT2D eigenvalue weighted by atomic mass is 10.0. The van der Waals surface area contributed by atoms with Gasteiger partial charge in [0.25, 0.3) is 0 Å². The first-order chi connectivity index (χ1) is 16.1. The molecule has 2 aromatic heterocycles. The van der Waals surface area contributed by atoms with Crippen LogP contribution >= 0.6 is 0 Å². The van der Waals surface area contributed by atoms with Gasteiger partial charge in [0, 0.05) is 37.9 Å². The van der Waals surface area contributed by atoms with Gasteiger partial charge in [-0.3, -0.25) is 0 Å². The van der Waals surface area contributed by atoms with Crippen molar-refractivity contribution < 1.29 is 17.2 Å². The summed E-state index contributed by atoms with van der Waals surface area (Å²) in [6.07, 6.45) is 7.46. The Bertz CT molecular complexity index is 1320. The number of rotatable bonds is 5. The van der Waals surface area contributed by atoms with Crippen LogP contribution in [0.5, 0.6) is 0 Å². The summed E-state index contributed by atoms with van der Waals surface area (Å²) in [6, 6.07) is 4.60. The van der Waals surface area contributed by atoms with Crippen molar-refractivity contribution in [1.82, 2.24) is 19.9 Å². The predicted octanol–water partition coefficient (Wildman–Crippen LogP) is 3.88. The topological polar surface area (TPSA) is 88.9 Å². The lowest BCUT2D eigenvalue weighted by molar-refractivity contribution is 0.485. The molecule has 0 radical (unpaired) electrons. The van der Waals surface area contributed by atoms with E-state index in [0.29, 0.717) is 17.2 Å². The summed E-state index contributed by atoms with van der Waals surface area (Å²) in [5.41, 5.74) is 1.72. The molecule has 2 aliphatic rings. The number of nitrogens with zero attached hydrogens (tertiary/aromatic N) is 5. The Kier molecular flexibility index (Phi) is 5.38. The smallest absolute Gasteiger partial charge is 0.197 e. The average Bonchev–Trinajstić information content (AvgIpc) is 3.56. The molecule has 0 amide bonds. The molecule has 7 nitrogen and oxygen atoms in total. The summed E-state index contributed by atoms with van der Waals surface area (Å²) >= 11 is 0. The highest BCUT2D eigenvalue weighted by molar-refractivity contribution is 7.93. The van der Waals surface area contributed by atoms with Gasteiger partial charge in [-0.25, -0.2) is 37.1 Å². The van der Waals surface area contributed by atoms with Crippen LogP contribution in [0.3, 0.4) is 0 Å². The van der Waals surface area contributed by atoms with Gasteiger partial charge in [0.15, 0.2) is 33.1 Å². The van der Waals surface area contributed by atoms with Crippen LogP contribution in [0, 0.1) is 11.6 Å². The molecule has 0 spiro atoms. The van der Waals surface area contributed by atoms with Gasteiger partial charge in [0.05, 0.1) is 15.7 Å². The second-order valence-electron chi connectivity index (χ2n) is 9.88. The summed E-state index contributed by atoms with van der Waals surface area (Å²) < 4.78 is 53.5. The maximum absolute atomic E-state index is 14.6. The third-order valence-electron chi connectivity index (χ3n) is 6.60. The molecule has 34 heavy (non-hydrogen) atoms. The van der Waals surface area contributed by atoms with E-state index in [1.165, 1.54) is 6.07 Å². The van der Waals surface area contributed by atoms with E-state index in [-0.39, 0.29) is 30.6 Å². The van der Waals surface area contributed by atoms with Crippen molar-refractivity contribution in [2.75, 3.05) is 18.0 Å². The Hall–Kier alpha value is -3.01. The van der Waals surface area contributed by atoms with Crippen LogP contribution in [0.25, 0.3) is 11.6 Å². The molecule has 0 bridgehead atoms. The van der Waals surface area contributed by atoms with Crippen molar-refractivity contribution in [3.8, 4) is 11.6 Å². The molecule has 0 N–H and O–H groups in total. The Morgan fingerprint density at radius 3 is 2.12 bits per heavy atom. The van der Waals surface area contributed by atoms with Crippen LogP contribution in [0.1, 0.15) is 50.2 Å². The molecule has 1 aromatic carbocycles. The maximum atomic E-state index is 14.6. The van der Waals surface area contributed by atoms with Crippen LogP contribution < -0.4 is 4.90 Å². The highest BCUT2D eigenvalue weighted by Gasteiger charge is 2.45. The van der Waals surface area contributed by atoms with E-state index in [4.69, 9.17) is 0 Å². The quantitative estimate of drug-likeness (QED) is 0.542. The van der Waals surface area contributed by atoms with Crippen molar-refractivity contribution in [1.29, 1.82) is 0 Å². The van der Waals surface area contributed by atoms with Crippen molar-refractivity contribution in [2.24, 2.45) is 0 Å². The molecule has 1 saturated carbocycles. The zero-order chi connectivity index (χ0) is 24.3. The highest BCUT2D eigenvalue weighted by Crippen LogP contribution is 2.55. The third kappa shape index (κ3) is 3.93. The fraction of sp³-hybridized carbons (Fsp3) is 0.417. The molecule has 2 fully saturated rings. The Morgan fingerprint density at radius 2 is 1.50 bits per heavy atom. The van der Waals surface area contributed by atoms with Crippen molar-refractivity contribution in [3.63, 3.8) is 0 Å². The van der Waals surface area contributed by atoms with Crippen molar-refractivity contribution in [2.45, 2.75) is 49.0 Å². The first-order valence-electron chi connectivity index (χ1n) is 11.1. The molecule has 1 aliphatic heterocycles. The monoisotopic (exact) mass is 485 g/mol. The zero-order valence-electron chi connectivity index (χ0n) is 19.1. The van der Waals surface area contributed by atoms with E-state index >= 15 is 0 Å². The van der Waals surface area contributed by atoms with Gasteiger partial charge < -0.3 is 4.90 Å². The summed E-state index contributed by atoms with van der Waals surface area (Å²) in [5, 5.41) is -0.587. The van der Waals surface area contributed by atoms with Gasteiger partial charge in [0.1, 0.15) is 0 Å². The van der Waals surface area contributed by atoms with Crippen LogP contribution in [0.4, 0.5) is 14.5 Å². The van der Waals surface area contributed by atoms with Gasteiger partial charge in [-0.15, -0.1) is 0 Å². The fourth-order valence-corrected chi connectivity index (χ4v) is 6.11. The highest BCUT2D eigenvalue weighted by atomic mass is 32.2. The van der Waals surface area contributed by atoms with Gasteiger partial charge in [0.2, 0.25) is 0 Å². The van der Waals surface area contributed by atoms with E-state index in [0.717, 1.165) is 12.0 Å². The van der Waals surface area contributed by atoms with Crippen LogP contribution in [0.2, 0.25) is 0 Å². The molecular weight excluding hydrogens is 460 g/mol. The van der Waals surface area contributed by atoms with Gasteiger partial charge in [-0.2, -0.15) is 0 Å². The second-order valence-corrected chi connectivity index (χ2v) is 12.9. The number of aromatic nitrogens is 4. The number of halogens is 2. The van der Waals surface area contributed by atoms with Crippen LogP contribution in [0.15, 0.2) is 43.0 Å². The molecule has 0 unspecified atom stereocenters. The zero-order valence-corrected chi connectivity index (χ0v) is 19.9. The Morgan fingerprint density at radius 1 is 0.912 bits per heavy atom. The summed E-state index contributed by atoms with van der Waals surface area (Å²) in [7, 11) is -3.37. The second kappa shape index (κ2) is 8.04. The summed E-state index contributed by atoms with van der Waals surface area (Å²) in [4.78, 5) is 18.6. The number of benzene rings is 1. The SMILES string of the molecule is CC(C)(C)S(=O)(=O)C1CN(c2cc([C@H]3C[C@H]3c3cnc(-c4ncccn4)nc3)cc(F)c2F)C1. The summed E-state index contributed by atoms with van der Waals surface area (Å²) in [5.74, 6) is -0.876. The number of hydrogen-bond donors (Lipinski definition) is 0. The molecule has 178 valence electrons. The number of sulfone groups is 1. The van der Waals surface area contributed by atoms with Gasteiger partial charge in [-0.1, -0.05) is 0 Å². The summed E-state index contributed by atoms with van der Waals surface area (Å²) in [6.45, 7) is 5.28. The van der Waals surface area contributed by atoms with Crippen molar-refractivity contribution >= 4 is 15.5 Å². The molecule has 5 rings (SSSR count). The number of anilines is 1. The Labute approximate surface area is 197 Å². The minimum Gasteiger partial charge on any atom is -0.366 e. The normalized spacial score (nSPS) is 20.8. The van der Waals surface area contributed by atoms with E-state index < -0.39 is 31.5 Å². The lowest BCUT2D eigenvalue weighted by Gasteiger charge is -2.43. The molecular formula is C24H25F2N5O2S. The van der Waals surface area contributed by atoms with Crippen molar-refractivity contribution in [3.05, 3.63) is 65.7 Å². The third-order valence-corrected chi connectivity index (χ3v) is 9.48. The minimum absolute atomic E-state index is 0.0201. The maximum Gasteiger partial charge on any atom is 0.197 e. The van der Waals surface area contributed by atoms with E-state index in [9.17, 15) is 17.2 Å². The fourth-order valence-electron chi connectivity index (χ4n) is 4.36. The van der Waals surface area contributed by atoms with Gasteiger partial charge >= 0.3 is 0 Å². The van der Waals surface area contributed by atoms with E-state index in [2.05, 4.69) is 19.9 Å². The number of hydrogen-bond acceptors (Lipinski definition) is 7. The average molecular weight is 486 g/mol. The predicted molar refractivity (Wildman–Crippen MR) is 124 cm³/mol. The molecule has 10 heteroatoms. The first kappa shape index (κ1) is 22.8. The van der Waals surface area contributed by atoms with Crippen LogP contribution in [-0.2, 0) is 9.84 Å². The molecule has 1 saturated heterocycles.